The van der Waals surface area contributed by atoms with Gasteiger partial charge in [-0.3, -0.25) is 9.36 Å². The van der Waals surface area contributed by atoms with Crippen LogP contribution in [0.5, 0.6) is 0 Å². The molecule has 0 spiro atoms. The van der Waals surface area contributed by atoms with Crippen molar-refractivity contribution < 1.29 is 9.90 Å². The number of amides is 1. The van der Waals surface area contributed by atoms with Gasteiger partial charge in [0.15, 0.2) is 11.2 Å². The van der Waals surface area contributed by atoms with E-state index in [-0.39, 0.29) is 11.6 Å². The summed E-state index contributed by atoms with van der Waals surface area (Å²) < 4.78 is 3.56. The zero-order chi connectivity index (χ0) is 25.2. The standard InChI is InChI=1S/C27H30N6O3/c1-18(2)12-14-33-23-24(30-26(33)31-13-6-10-21(16-31)29-27(35)36)28-17-32(25(23)34)15-20-9-5-8-19-7-3-4-11-22(19)20/h3-5,7-9,11-12,17,21,29H,6,10,13-16H2,1-2H3,(H,35,36). The van der Waals surface area contributed by atoms with Crippen LogP contribution in [-0.4, -0.2) is 49.4 Å². The number of rotatable bonds is 6. The molecule has 1 aliphatic rings. The number of nitrogens with zero attached hydrogens (tertiary/aromatic N) is 5. The third-order valence-electron chi connectivity index (χ3n) is 6.65. The number of nitrogens with one attached hydrogen (secondary N) is 1. The maximum atomic E-state index is 13.8. The number of carboxylic acid groups (broad SMARTS) is 1. The second-order valence-electron chi connectivity index (χ2n) is 9.53. The van der Waals surface area contributed by atoms with Gasteiger partial charge in [0.1, 0.15) is 6.33 Å². The van der Waals surface area contributed by atoms with Gasteiger partial charge in [0, 0.05) is 25.7 Å². The number of fused-ring (bicyclic) bond motifs is 2. The number of piperidine rings is 1. The number of hydrogen-bond donors (Lipinski definition) is 2. The van der Waals surface area contributed by atoms with Gasteiger partial charge in [-0.2, -0.15) is 4.98 Å². The number of allylic oxidation sites excluding steroid dienone is 2. The van der Waals surface area contributed by atoms with Crippen LogP contribution in [0, 0.1) is 0 Å². The van der Waals surface area contributed by atoms with Crippen molar-refractivity contribution in [1.29, 1.82) is 0 Å². The Hall–Kier alpha value is -4.14. The predicted molar refractivity (Wildman–Crippen MR) is 141 cm³/mol. The summed E-state index contributed by atoms with van der Waals surface area (Å²) in [5.74, 6) is 0.645. The molecule has 9 nitrogen and oxygen atoms in total. The Bertz CT molecular complexity index is 1510. The van der Waals surface area contributed by atoms with E-state index in [0.717, 1.165) is 41.3 Å². The van der Waals surface area contributed by atoms with Crippen molar-refractivity contribution in [3.8, 4) is 0 Å². The first-order valence-corrected chi connectivity index (χ1v) is 12.2. The predicted octanol–water partition coefficient (Wildman–Crippen LogP) is 4.00. The Morgan fingerprint density at radius 3 is 2.81 bits per heavy atom. The van der Waals surface area contributed by atoms with Gasteiger partial charge in [-0.1, -0.05) is 54.1 Å². The van der Waals surface area contributed by atoms with Gasteiger partial charge in [0.05, 0.1) is 6.54 Å². The smallest absolute Gasteiger partial charge is 0.404 e. The number of imidazole rings is 1. The molecule has 2 N–H and O–H groups in total. The quantitative estimate of drug-likeness (QED) is 0.399. The van der Waals surface area contributed by atoms with Crippen molar-refractivity contribution in [2.24, 2.45) is 0 Å². The fraction of sp³-hybridized carbons (Fsp3) is 0.333. The van der Waals surface area contributed by atoms with Gasteiger partial charge in [-0.25, -0.2) is 9.78 Å². The van der Waals surface area contributed by atoms with Crippen LogP contribution in [0.4, 0.5) is 10.7 Å². The highest BCUT2D eigenvalue weighted by molar-refractivity contribution is 5.85. The van der Waals surface area contributed by atoms with Crippen LogP contribution < -0.4 is 15.8 Å². The number of benzene rings is 2. The second-order valence-corrected chi connectivity index (χ2v) is 9.53. The van der Waals surface area contributed by atoms with Crippen LogP contribution in [0.15, 0.2) is 65.2 Å². The van der Waals surface area contributed by atoms with Crippen LogP contribution in [0.3, 0.4) is 0 Å². The van der Waals surface area contributed by atoms with Gasteiger partial charge in [-0.15, -0.1) is 0 Å². The SMILES string of the molecule is CC(C)=CCn1c(N2CCCC(NC(=O)O)C2)nc2ncn(Cc3cccc4ccccc34)c(=O)c21. The molecule has 1 fully saturated rings. The normalized spacial score (nSPS) is 15.8. The van der Waals surface area contributed by atoms with Gasteiger partial charge in [-0.05, 0) is 43.0 Å². The molecule has 1 unspecified atom stereocenters. The number of carbonyl (C=O) groups is 1. The first kappa shape index (κ1) is 23.6. The van der Waals surface area contributed by atoms with E-state index < -0.39 is 6.09 Å². The maximum absolute atomic E-state index is 13.8. The molecule has 0 saturated carbocycles. The molecule has 0 radical (unpaired) electrons. The summed E-state index contributed by atoms with van der Waals surface area (Å²) in [5, 5.41) is 14.0. The van der Waals surface area contributed by atoms with Crippen LogP contribution >= 0.6 is 0 Å². The summed E-state index contributed by atoms with van der Waals surface area (Å²) in [4.78, 5) is 36.3. The van der Waals surface area contributed by atoms with E-state index in [1.807, 2.05) is 42.7 Å². The maximum Gasteiger partial charge on any atom is 0.404 e. The average Bonchev–Trinajstić information content (AvgIpc) is 3.24. The first-order valence-electron chi connectivity index (χ1n) is 12.2. The van der Waals surface area contributed by atoms with Crippen LogP contribution in [0.25, 0.3) is 21.9 Å². The number of hydrogen-bond acceptors (Lipinski definition) is 5. The molecule has 9 heteroatoms. The van der Waals surface area contributed by atoms with E-state index >= 15 is 0 Å². The molecule has 2 aromatic heterocycles. The fourth-order valence-corrected chi connectivity index (χ4v) is 4.91. The molecule has 0 aliphatic carbocycles. The van der Waals surface area contributed by atoms with Gasteiger partial charge in [0.2, 0.25) is 5.95 Å². The van der Waals surface area contributed by atoms with Gasteiger partial charge in [0.25, 0.3) is 5.56 Å². The van der Waals surface area contributed by atoms with Gasteiger partial charge < -0.3 is 19.9 Å². The van der Waals surface area contributed by atoms with Crippen molar-refractivity contribution >= 4 is 34.0 Å². The van der Waals surface area contributed by atoms with Crippen LogP contribution in [0.2, 0.25) is 0 Å². The van der Waals surface area contributed by atoms with Crippen molar-refractivity contribution in [3.63, 3.8) is 0 Å². The summed E-state index contributed by atoms with van der Waals surface area (Å²) in [5.41, 5.74) is 2.89. The zero-order valence-corrected chi connectivity index (χ0v) is 20.5. The van der Waals surface area contributed by atoms with E-state index in [1.165, 1.54) is 0 Å². The molecule has 186 valence electrons. The van der Waals surface area contributed by atoms with Crippen LogP contribution in [0.1, 0.15) is 32.3 Å². The van der Waals surface area contributed by atoms with Crippen molar-refractivity contribution in [1.82, 2.24) is 24.4 Å². The van der Waals surface area contributed by atoms with E-state index in [9.17, 15) is 14.7 Å². The van der Waals surface area contributed by atoms with Crippen LogP contribution in [-0.2, 0) is 13.1 Å². The molecule has 1 amide bonds. The Balaban J connectivity index is 1.58. The van der Waals surface area contributed by atoms with Gasteiger partial charge >= 0.3 is 6.09 Å². The lowest BCUT2D eigenvalue weighted by Crippen LogP contribution is -2.48. The Labute approximate surface area is 208 Å². The van der Waals surface area contributed by atoms with E-state index in [0.29, 0.717) is 36.7 Å². The highest BCUT2D eigenvalue weighted by Crippen LogP contribution is 2.24. The first-order chi connectivity index (χ1) is 17.4. The zero-order valence-electron chi connectivity index (χ0n) is 20.5. The number of aromatic nitrogens is 4. The molecular formula is C27H30N6O3. The molecule has 1 aliphatic heterocycles. The summed E-state index contributed by atoms with van der Waals surface area (Å²) in [6.07, 6.45) is 4.20. The Morgan fingerprint density at radius 2 is 2.00 bits per heavy atom. The third kappa shape index (κ3) is 4.68. The molecule has 3 heterocycles. The fourth-order valence-electron chi connectivity index (χ4n) is 4.91. The van der Waals surface area contributed by atoms with Crippen molar-refractivity contribution in [3.05, 3.63) is 76.4 Å². The lowest BCUT2D eigenvalue weighted by Gasteiger charge is -2.33. The minimum absolute atomic E-state index is 0.147. The van der Waals surface area contributed by atoms with E-state index in [2.05, 4.69) is 39.5 Å². The molecule has 36 heavy (non-hydrogen) atoms. The monoisotopic (exact) mass is 486 g/mol. The summed E-state index contributed by atoms with van der Waals surface area (Å²) in [6, 6.07) is 14.1. The Morgan fingerprint density at radius 1 is 1.19 bits per heavy atom. The van der Waals surface area contributed by atoms with Crippen molar-refractivity contribution in [2.45, 2.75) is 45.8 Å². The largest absolute Gasteiger partial charge is 0.465 e. The lowest BCUT2D eigenvalue weighted by molar-refractivity contribution is 0.188. The molecule has 2 aromatic carbocycles. The molecule has 1 atom stereocenters. The lowest BCUT2D eigenvalue weighted by atomic mass is 10.0. The molecule has 1 saturated heterocycles. The highest BCUT2D eigenvalue weighted by Gasteiger charge is 2.26. The van der Waals surface area contributed by atoms with E-state index in [4.69, 9.17) is 4.98 Å². The summed E-state index contributed by atoms with van der Waals surface area (Å²) in [7, 11) is 0. The third-order valence-corrected chi connectivity index (χ3v) is 6.65. The summed E-state index contributed by atoms with van der Waals surface area (Å²) >= 11 is 0. The average molecular weight is 487 g/mol. The van der Waals surface area contributed by atoms with E-state index in [1.54, 1.807) is 10.9 Å². The molecule has 5 rings (SSSR count). The highest BCUT2D eigenvalue weighted by atomic mass is 16.4. The minimum Gasteiger partial charge on any atom is -0.465 e. The number of anilines is 1. The summed E-state index contributed by atoms with van der Waals surface area (Å²) in [6.45, 7) is 6.15. The van der Waals surface area contributed by atoms with Crippen molar-refractivity contribution in [2.75, 3.05) is 18.0 Å². The molecule has 4 aromatic rings. The molecular weight excluding hydrogens is 456 g/mol. The topological polar surface area (TPSA) is 105 Å². The molecule has 0 bridgehead atoms. The second kappa shape index (κ2) is 9.85. The Kier molecular flexibility index (Phi) is 6.45. The minimum atomic E-state index is -1.03.